The largest absolute Gasteiger partial charge is 0.331 e. The lowest BCUT2D eigenvalue weighted by Gasteiger charge is -2.19. The first-order valence-electron chi connectivity index (χ1n) is 5.64. The van der Waals surface area contributed by atoms with Crippen molar-refractivity contribution in [3.63, 3.8) is 0 Å². The Kier molecular flexibility index (Phi) is 5.18. The maximum atomic E-state index is 13.9. The van der Waals surface area contributed by atoms with E-state index in [2.05, 4.69) is 13.2 Å². The minimum Gasteiger partial charge on any atom is -0.331 e. The van der Waals surface area contributed by atoms with Gasteiger partial charge in [0.1, 0.15) is 5.82 Å². The number of amides is 1. The Hall–Kier alpha value is -1.99. The fourth-order valence-corrected chi connectivity index (χ4v) is 2.09. The Morgan fingerprint density at radius 3 is 2.25 bits per heavy atom. The van der Waals surface area contributed by atoms with Crippen molar-refractivity contribution in [1.82, 2.24) is 4.90 Å². The highest BCUT2D eigenvalue weighted by Crippen LogP contribution is 2.15. The average molecular weight is 298 g/mol. The summed E-state index contributed by atoms with van der Waals surface area (Å²) in [4.78, 5) is 13.0. The maximum Gasteiger partial charge on any atom is 0.257 e. The van der Waals surface area contributed by atoms with Gasteiger partial charge >= 0.3 is 0 Å². The molecular formula is C13H15FN2O3S. The maximum absolute atomic E-state index is 13.9. The lowest BCUT2D eigenvalue weighted by atomic mass is 10.2. The van der Waals surface area contributed by atoms with Crippen molar-refractivity contribution in [2.45, 2.75) is 4.90 Å². The van der Waals surface area contributed by atoms with Crippen LogP contribution in [-0.2, 0) is 10.0 Å². The minimum absolute atomic E-state index is 0.223. The first-order valence-corrected chi connectivity index (χ1v) is 7.19. The molecule has 0 radical (unpaired) electrons. The first-order chi connectivity index (χ1) is 9.31. The molecule has 1 aromatic carbocycles. The topological polar surface area (TPSA) is 80.5 Å². The monoisotopic (exact) mass is 298 g/mol. The van der Waals surface area contributed by atoms with E-state index in [1.807, 2.05) is 0 Å². The Bertz CT molecular complexity index is 631. The standard InChI is InChI=1S/C13H15FN2O3S/c1-3-7-16(8-4-2)13(17)11-6-5-10(9-12(11)14)20(15,18)19/h3-6,9H,1-2,7-8H2,(H2,15,18,19). The Balaban J connectivity index is 3.16. The summed E-state index contributed by atoms with van der Waals surface area (Å²) in [5.41, 5.74) is -0.235. The molecule has 0 aliphatic carbocycles. The second kappa shape index (κ2) is 6.44. The van der Waals surface area contributed by atoms with Gasteiger partial charge in [0.15, 0.2) is 0 Å². The summed E-state index contributed by atoms with van der Waals surface area (Å²) in [5, 5.41) is 4.89. The lowest BCUT2D eigenvalue weighted by molar-refractivity contribution is 0.0786. The number of hydrogen-bond acceptors (Lipinski definition) is 3. The van der Waals surface area contributed by atoms with Crippen molar-refractivity contribution < 1.29 is 17.6 Å². The van der Waals surface area contributed by atoms with Crippen LogP contribution >= 0.6 is 0 Å². The van der Waals surface area contributed by atoms with Crippen LogP contribution in [0.25, 0.3) is 0 Å². The van der Waals surface area contributed by atoms with E-state index in [-0.39, 0.29) is 23.5 Å². The van der Waals surface area contributed by atoms with Gasteiger partial charge in [-0.05, 0) is 18.2 Å². The minimum atomic E-state index is -4.01. The molecule has 0 unspecified atom stereocenters. The number of sulfonamides is 1. The number of nitrogens with zero attached hydrogens (tertiary/aromatic N) is 1. The number of benzene rings is 1. The average Bonchev–Trinajstić information content (AvgIpc) is 2.36. The molecule has 1 rings (SSSR count). The number of halogens is 1. The molecular weight excluding hydrogens is 283 g/mol. The van der Waals surface area contributed by atoms with Crippen molar-refractivity contribution in [2.24, 2.45) is 5.14 Å². The van der Waals surface area contributed by atoms with E-state index in [0.717, 1.165) is 18.2 Å². The van der Waals surface area contributed by atoms with Crippen molar-refractivity contribution >= 4 is 15.9 Å². The molecule has 1 amide bonds. The number of nitrogens with two attached hydrogens (primary N) is 1. The fraction of sp³-hybridized carbons (Fsp3) is 0.154. The highest BCUT2D eigenvalue weighted by Gasteiger charge is 2.19. The van der Waals surface area contributed by atoms with Crippen LogP contribution in [0.3, 0.4) is 0 Å². The molecule has 0 aromatic heterocycles. The molecule has 108 valence electrons. The SMILES string of the molecule is C=CCN(CC=C)C(=O)c1ccc(S(N)(=O)=O)cc1F. The third-order valence-corrected chi connectivity index (χ3v) is 3.40. The number of rotatable bonds is 6. The molecule has 0 atom stereocenters. The first kappa shape index (κ1) is 16.1. The summed E-state index contributed by atoms with van der Waals surface area (Å²) in [6, 6.07) is 2.91. The van der Waals surface area contributed by atoms with E-state index >= 15 is 0 Å². The van der Waals surface area contributed by atoms with Crippen LogP contribution in [-0.4, -0.2) is 32.3 Å². The molecule has 0 heterocycles. The van der Waals surface area contributed by atoms with Gasteiger partial charge in [0.25, 0.3) is 5.91 Å². The zero-order chi connectivity index (χ0) is 15.3. The molecule has 0 spiro atoms. The number of carbonyl (C=O) groups excluding carboxylic acids is 1. The van der Waals surface area contributed by atoms with Crippen molar-refractivity contribution in [3.8, 4) is 0 Å². The zero-order valence-electron chi connectivity index (χ0n) is 10.8. The molecule has 1 aromatic rings. The van der Waals surface area contributed by atoms with Crippen LogP contribution in [0.4, 0.5) is 4.39 Å². The van der Waals surface area contributed by atoms with E-state index in [9.17, 15) is 17.6 Å². The molecule has 5 nitrogen and oxygen atoms in total. The second-order valence-corrected chi connectivity index (χ2v) is 5.54. The van der Waals surface area contributed by atoms with Gasteiger partial charge in [0.2, 0.25) is 10.0 Å². The van der Waals surface area contributed by atoms with E-state index in [0.29, 0.717) is 0 Å². The normalized spacial score (nSPS) is 10.9. The molecule has 2 N–H and O–H groups in total. The van der Waals surface area contributed by atoms with Crippen LogP contribution in [0.1, 0.15) is 10.4 Å². The van der Waals surface area contributed by atoms with Crippen molar-refractivity contribution in [1.29, 1.82) is 0 Å². The van der Waals surface area contributed by atoms with Gasteiger partial charge in [0.05, 0.1) is 10.5 Å². The predicted molar refractivity (Wildman–Crippen MR) is 74.1 cm³/mol. The van der Waals surface area contributed by atoms with E-state index in [1.54, 1.807) is 0 Å². The molecule has 0 saturated carbocycles. The molecule has 0 fully saturated rings. The van der Waals surface area contributed by atoms with Gasteiger partial charge in [-0.25, -0.2) is 17.9 Å². The highest BCUT2D eigenvalue weighted by atomic mass is 32.2. The van der Waals surface area contributed by atoms with E-state index < -0.39 is 21.7 Å². The number of hydrogen-bond donors (Lipinski definition) is 1. The quantitative estimate of drug-likeness (QED) is 0.803. The van der Waals surface area contributed by atoms with Crippen LogP contribution in [0, 0.1) is 5.82 Å². The molecule has 7 heteroatoms. The second-order valence-electron chi connectivity index (χ2n) is 3.97. The summed E-state index contributed by atoms with van der Waals surface area (Å²) in [5.74, 6) is -1.53. The molecule has 0 aliphatic rings. The summed E-state index contributed by atoms with van der Waals surface area (Å²) in [7, 11) is -4.01. The number of carbonyl (C=O) groups is 1. The van der Waals surface area contributed by atoms with E-state index in [1.165, 1.54) is 17.1 Å². The summed E-state index contributed by atoms with van der Waals surface area (Å²) in [6.07, 6.45) is 3.00. The fourth-order valence-electron chi connectivity index (χ4n) is 1.57. The van der Waals surface area contributed by atoms with Gasteiger partial charge in [-0.2, -0.15) is 0 Å². The van der Waals surface area contributed by atoms with Crippen LogP contribution in [0.15, 0.2) is 48.4 Å². The Morgan fingerprint density at radius 2 is 1.85 bits per heavy atom. The molecule has 0 aliphatic heterocycles. The third-order valence-electron chi connectivity index (χ3n) is 2.49. The molecule has 20 heavy (non-hydrogen) atoms. The van der Waals surface area contributed by atoms with Gasteiger partial charge in [-0.3, -0.25) is 4.79 Å². The highest BCUT2D eigenvalue weighted by molar-refractivity contribution is 7.89. The van der Waals surface area contributed by atoms with Crippen molar-refractivity contribution in [3.05, 3.63) is 54.9 Å². The summed E-state index contributed by atoms with van der Waals surface area (Å²) < 4.78 is 36.0. The Morgan fingerprint density at radius 1 is 1.30 bits per heavy atom. The van der Waals surface area contributed by atoms with Crippen molar-refractivity contribution in [2.75, 3.05) is 13.1 Å². The van der Waals surface area contributed by atoms with Gasteiger partial charge in [-0.15, -0.1) is 13.2 Å². The van der Waals surface area contributed by atoms with Gasteiger partial charge < -0.3 is 4.90 Å². The van der Waals surface area contributed by atoms with Crippen LogP contribution < -0.4 is 5.14 Å². The molecule has 0 saturated heterocycles. The third kappa shape index (κ3) is 3.75. The molecule has 0 bridgehead atoms. The predicted octanol–water partition coefficient (Wildman–Crippen LogP) is 1.29. The summed E-state index contributed by atoms with van der Waals surface area (Å²) >= 11 is 0. The van der Waals surface area contributed by atoms with Crippen LogP contribution in [0.2, 0.25) is 0 Å². The van der Waals surface area contributed by atoms with Gasteiger partial charge in [0, 0.05) is 13.1 Å². The Labute approximate surface area is 117 Å². The summed E-state index contributed by atoms with van der Waals surface area (Å²) in [6.45, 7) is 7.47. The lowest BCUT2D eigenvalue weighted by Crippen LogP contribution is -2.32. The smallest absolute Gasteiger partial charge is 0.257 e. The number of primary sulfonamides is 1. The van der Waals surface area contributed by atoms with Gasteiger partial charge in [-0.1, -0.05) is 12.2 Å². The van der Waals surface area contributed by atoms with Crippen LogP contribution in [0.5, 0.6) is 0 Å². The van der Waals surface area contributed by atoms with E-state index in [4.69, 9.17) is 5.14 Å². The zero-order valence-corrected chi connectivity index (χ0v) is 11.6.